The maximum atomic E-state index is 12.1. The molecule has 0 aliphatic carbocycles. The Labute approximate surface area is 188 Å². The maximum absolute atomic E-state index is 12.1. The third kappa shape index (κ3) is 4.27. The Balaban J connectivity index is 1.42. The third-order valence-corrected chi connectivity index (χ3v) is 5.20. The Morgan fingerprint density at radius 3 is 2.73 bits per heavy atom. The minimum Gasteiger partial charge on any atom is -0.394 e. The summed E-state index contributed by atoms with van der Waals surface area (Å²) in [6.07, 6.45) is 1.78. The number of carbonyl (C=O) groups excluding carboxylic acids is 1. The van der Waals surface area contributed by atoms with Gasteiger partial charge in [-0.3, -0.25) is 14.6 Å². The topological polar surface area (TPSA) is 115 Å². The van der Waals surface area contributed by atoms with Gasteiger partial charge in [0.15, 0.2) is 5.65 Å². The van der Waals surface area contributed by atoms with Crippen molar-refractivity contribution < 1.29 is 14.7 Å². The number of benzene rings is 2. The molecule has 0 spiro atoms. The van der Waals surface area contributed by atoms with Crippen molar-refractivity contribution in [2.75, 3.05) is 13.2 Å². The first-order chi connectivity index (χ1) is 16.2. The lowest BCUT2D eigenvalue weighted by Crippen LogP contribution is -2.25. The van der Waals surface area contributed by atoms with E-state index in [-0.39, 0.29) is 19.1 Å². The van der Waals surface area contributed by atoms with E-state index in [1.807, 2.05) is 54.6 Å². The number of nitrogens with one attached hydrogen (secondary N) is 1. The van der Waals surface area contributed by atoms with Crippen LogP contribution < -0.4 is 5.48 Å². The summed E-state index contributed by atoms with van der Waals surface area (Å²) in [4.78, 5) is 26.2. The van der Waals surface area contributed by atoms with Crippen LogP contribution in [0.5, 0.6) is 0 Å². The maximum Gasteiger partial charge on any atom is 0.274 e. The lowest BCUT2D eigenvalue weighted by Gasteiger charge is -2.07. The lowest BCUT2D eigenvalue weighted by atomic mass is 10.1. The minimum absolute atomic E-state index is 0.0321. The number of rotatable bonds is 7. The van der Waals surface area contributed by atoms with Crippen LogP contribution in [0.15, 0.2) is 72.9 Å². The summed E-state index contributed by atoms with van der Waals surface area (Å²) in [5.74, 6) is -0.385. The highest BCUT2D eigenvalue weighted by Crippen LogP contribution is 2.22. The fourth-order valence-electron chi connectivity index (χ4n) is 3.59. The third-order valence-electron chi connectivity index (χ3n) is 5.20. The van der Waals surface area contributed by atoms with E-state index in [1.54, 1.807) is 23.0 Å². The standard InChI is InChI=1S/C24H20N6O3/c31-13-14-33-28-24(32)18-8-6-16(7-9-18)20-10-11-21-23(26-20)30(29-27-21)15-19-4-1-3-17-5-2-12-25-22(17)19/h1-12,31H,13-15H2,(H,28,32). The quantitative estimate of drug-likeness (QED) is 0.295. The van der Waals surface area contributed by atoms with Gasteiger partial charge in [-0.2, -0.15) is 0 Å². The van der Waals surface area contributed by atoms with Gasteiger partial charge in [0, 0.05) is 22.7 Å². The molecule has 0 unspecified atom stereocenters. The zero-order valence-corrected chi connectivity index (χ0v) is 17.5. The smallest absolute Gasteiger partial charge is 0.274 e. The molecule has 0 bridgehead atoms. The van der Waals surface area contributed by atoms with Gasteiger partial charge in [0.1, 0.15) is 5.52 Å². The van der Waals surface area contributed by atoms with E-state index in [9.17, 15) is 4.79 Å². The van der Waals surface area contributed by atoms with Crippen molar-refractivity contribution >= 4 is 28.0 Å². The minimum atomic E-state index is -0.385. The summed E-state index contributed by atoms with van der Waals surface area (Å²) in [5.41, 5.74) is 7.64. The van der Waals surface area contributed by atoms with Crippen LogP contribution in [0.1, 0.15) is 15.9 Å². The molecule has 164 valence electrons. The Kier molecular flexibility index (Phi) is 5.71. The molecular weight excluding hydrogens is 420 g/mol. The van der Waals surface area contributed by atoms with Gasteiger partial charge in [-0.05, 0) is 35.9 Å². The average molecular weight is 440 g/mol. The molecule has 2 N–H and O–H groups in total. The van der Waals surface area contributed by atoms with Gasteiger partial charge < -0.3 is 5.11 Å². The molecule has 0 fully saturated rings. The van der Waals surface area contributed by atoms with Crippen LogP contribution >= 0.6 is 0 Å². The summed E-state index contributed by atoms with van der Waals surface area (Å²) in [5, 5.41) is 18.3. The van der Waals surface area contributed by atoms with Crippen molar-refractivity contribution in [1.29, 1.82) is 0 Å². The van der Waals surface area contributed by atoms with Gasteiger partial charge in [0.25, 0.3) is 5.91 Å². The Hall–Kier alpha value is -4.21. The summed E-state index contributed by atoms with van der Waals surface area (Å²) in [6.45, 7) is 0.356. The molecule has 9 nitrogen and oxygen atoms in total. The van der Waals surface area contributed by atoms with E-state index < -0.39 is 0 Å². The Morgan fingerprint density at radius 1 is 1.03 bits per heavy atom. The van der Waals surface area contributed by atoms with Gasteiger partial charge >= 0.3 is 0 Å². The van der Waals surface area contributed by atoms with Gasteiger partial charge in [0.2, 0.25) is 0 Å². The molecule has 33 heavy (non-hydrogen) atoms. The number of amides is 1. The van der Waals surface area contributed by atoms with Crippen molar-refractivity contribution in [2.45, 2.75) is 6.54 Å². The van der Waals surface area contributed by atoms with Gasteiger partial charge in [0.05, 0.1) is 31.0 Å². The molecule has 0 saturated carbocycles. The molecule has 1 amide bonds. The molecule has 5 aromatic rings. The molecular formula is C24H20N6O3. The van der Waals surface area contributed by atoms with Gasteiger partial charge in [-0.1, -0.05) is 41.6 Å². The number of hydrogen-bond donors (Lipinski definition) is 2. The van der Waals surface area contributed by atoms with Gasteiger partial charge in [-0.25, -0.2) is 15.1 Å². The number of hydroxylamine groups is 1. The van der Waals surface area contributed by atoms with Crippen molar-refractivity contribution in [3.8, 4) is 11.3 Å². The first-order valence-corrected chi connectivity index (χ1v) is 10.4. The highest BCUT2D eigenvalue weighted by Gasteiger charge is 2.12. The molecule has 5 rings (SSSR count). The molecule has 9 heteroatoms. The largest absolute Gasteiger partial charge is 0.394 e. The lowest BCUT2D eigenvalue weighted by molar-refractivity contribution is 0.0168. The van der Waals surface area contributed by atoms with Crippen LogP contribution in [0, 0.1) is 0 Å². The zero-order valence-electron chi connectivity index (χ0n) is 17.5. The number of fused-ring (bicyclic) bond motifs is 2. The van der Waals surface area contributed by atoms with Crippen LogP contribution in [-0.2, 0) is 11.4 Å². The highest BCUT2D eigenvalue weighted by molar-refractivity contribution is 5.94. The van der Waals surface area contributed by atoms with Crippen LogP contribution in [0.3, 0.4) is 0 Å². The Bertz CT molecular complexity index is 1430. The summed E-state index contributed by atoms with van der Waals surface area (Å²) < 4.78 is 1.77. The number of hydrogen-bond acceptors (Lipinski definition) is 7. The SMILES string of the molecule is O=C(NOCCO)c1ccc(-c2ccc3nnn(Cc4cccc5cccnc45)c3n2)cc1. The number of para-hydroxylation sites is 1. The second-order valence-corrected chi connectivity index (χ2v) is 7.36. The summed E-state index contributed by atoms with van der Waals surface area (Å²) in [7, 11) is 0. The fourth-order valence-corrected chi connectivity index (χ4v) is 3.59. The van der Waals surface area contributed by atoms with Crippen molar-refractivity contribution in [3.05, 3.63) is 84.1 Å². The predicted molar refractivity (Wildman–Crippen MR) is 122 cm³/mol. The van der Waals surface area contributed by atoms with E-state index in [4.69, 9.17) is 14.9 Å². The van der Waals surface area contributed by atoms with Crippen LogP contribution in [0.25, 0.3) is 33.3 Å². The predicted octanol–water partition coefficient (Wildman–Crippen LogP) is 2.74. The van der Waals surface area contributed by atoms with Crippen molar-refractivity contribution in [1.82, 2.24) is 30.4 Å². The van der Waals surface area contributed by atoms with E-state index in [0.29, 0.717) is 23.3 Å². The van der Waals surface area contributed by atoms with E-state index in [2.05, 4.69) is 20.8 Å². The van der Waals surface area contributed by atoms with Crippen molar-refractivity contribution in [2.24, 2.45) is 0 Å². The van der Waals surface area contributed by atoms with E-state index in [1.165, 1.54) is 0 Å². The first-order valence-electron chi connectivity index (χ1n) is 10.4. The summed E-state index contributed by atoms with van der Waals surface area (Å²) >= 11 is 0. The number of aliphatic hydroxyl groups is 1. The van der Waals surface area contributed by atoms with Crippen LogP contribution in [-0.4, -0.2) is 49.2 Å². The van der Waals surface area contributed by atoms with E-state index in [0.717, 1.165) is 27.7 Å². The monoisotopic (exact) mass is 440 g/mol. The van der Waals surface area contributed by atoms with Crippen LogP contribution in [0.2, 0.25) is 0 Å². The highest BCUT2D eigenvalue weighted by atomic mass is 16.7. The molecule has 0 aliphatic heterocycles. The first kappa shape index (κ1) is 20.7. The normalized spacial score (nSPS) is 11.2. The number of pyridine rings is 2. The van der Waals surface area contributed by atoms with Gasteiger partial charge in [-0.15, -0.1) is 5.10 Å². The molecule has 0 radical (unpaired) electrons. The van der Waals surface area contributed by atoms with Crippen molar-refractivity contribution in [3.63, 3.8) is 0 Å². The number of carbonyl (C=O) groups is 1. The molecule has 0 saturated heterocycles. The zero-order chi connectivity index (χ0) is 22.6. The second-order valence-electron chi connectivity index (χ2n) is 7.36. The molecule has 2 aromatic carbocycles. The second kappa shape index (κ2) is 9.11. The Morgan fingerprint density at radius 2 is 1.88 bits per heavy atom. The average Bonchev–Trinajstić information content (AvgIpc) is 3.26. The molecule has 3 heterocycles. The molecule has 0 atom stereocenters. The van der Waals surface area contributed by atoms with E-state index >= 15 is 0 Å². The van der Waals surface area contributed by atoms with Crippen LogP contribution in [0.4, 0.5) is 0 Å². The molecule has 3 aromatic heterocycles. The number of aromatic nitrogens is 5. The number of nitrogens with zero attached hydrogens (tertiary/aromatic N) is 5. The number of aliphatic hydroxyl groups excluding tert-OH is 1. The fraction of sp³-hybridized carbons (Fsp3) is 0.125. The summed E-state index contributed by atoms with van der Waals surface area (Å²) in [6, 6.07) is 20.8. The molecule has 0 aliphatic rings.